The fourth-order valence-corrected chi connectivity index (χ4v) is 3.36. The van der Waals surface area contributed by atoms with Crippen LogP contribution < -0.4 is 5.32 Å². The van der Waals surface area contributed by atoms with E-state index in [4.69, 9.17) is 0 Å². The highest BCUT2D eigenvalue weighted by molar-refractivity contribution is 6.23. The van der Waals surface area contributed by atoms with Crippen LogP contribution in [0.15, 0.2) is 35.1 Å². The fourth-order valence-electron chi connectivity index (χ4n) is 3.36. The molecule has 0 radical (unpaired) electrons. The molecule has 0 saturated carbocycles. The lowest BCUT2D eigenvalue weighted by Crippen LogP contribution is -2.52. The summed E-state index contributed by atoms with van der Waals surface area (Å²) in [5.41, 5.74) is 2.55. The second kappa shape index (κ2) is 7.16. The highest BCUT2D eigenvalue weighted by Gasteiger charge is 2.45. The molecular formula is C19H26N2O3. The fraction of sp³-hybridized carbons (Fsp3) is 0.526. The summed E-state index contributed by atoms with van der Waals surface area (Å²) in [6.07, 6.45) is 4.28. The molecule has 0 aromatic heterocycles. The maximum absolute atomic E-state index is 13.0. The largest absolute Gasteiger partial charge is 0.329 e. The van der Waals surface area contributed by atoms with Gasteiger partial charge in [0.05, 0.1) is 5.57 Å². The first-order chi connectivity index (χ1) is 11.3. The van der Waals surface area contributed by atoms with E-state index in [1.165, 1.54) is 0 Å². The molecule has 1 saturated heterocycles. The van der Waals surface area contributed by atoms with E-state index < -0.39 is 6.04 Å². The number of piperidine rings is 1. The van der Waals surface area contributed by atoms with Gasteiger partial charge in [0.15, 0.2) is 0 Å². The Labute approximate surface area is 143 Å². The van der Waals surface area contributed by atoms with Gasteiger partial charge in [-0.05, 0) is 37.2 Å². The Hall–Kier alpha value is -2.17. The molecule has 130 valence electrons. The summed E-state index contributed by atoms with van der Waals surface area (Å²) in [4.78, 5) is 39.3. The normalized spacial score (nSPS) is 22.8. The van der Waals surface area contributed by atoms with Gasteiger partial charge in [-0.3, -0.25) is 19.3 Å². The third-order valence-electron chi connectivity index (χ3n) is 4.53. The molecular weight excluding hydrogens is 304 g/mol. The Bertz CT molecular complexity index is 656. The minimum atomic E-state index is -0.746. The quantitative estimate of drug-likeness (QED) is 0.788. The number of carbonyl (C=O) groups excluding carboxylic acids is 3. The van der Waals surface area contributed by atoms with Gasteiger partial charge in [0, 0.05) is 11.3 Å². The van der Waals surface area contributed by atoms with Gasteiger partial charge in [0.25, 0.3) is 11.8 Å². The number of allylic oxidation sites excluding steroid dienone is 2. The first-order valence-corrected chi connectivity index (χ1v) is 8.63. The van der Waals surface area contributed by atoms with Crippen molar-refractivity contribution in [2.45, 2.75) is 59.4 Å². The number of amides is 3. The van der Waals surface area contributed by atoms with E-state index in [0.29, 0.717) is 36.1 Å². The molecule has 2 rings (SSSR count). The molecule has 1 fully saturated rings. The van der Waals surface area contributed by atoms with E-state index in [9.17, 15) is 14.4 Å². The predicted octanol–water partition coefficient (Wildman–Crippen LogP) is 2.85. The van der Waals surface area contributed by atoms with Crippen molar-refractivity contribution in [3.63, 3.8) is 0 Å². The van der Waals surface area contributed by atoms with Crippen molar-refractivity contribution in [3.8, 4) is 0 Å². The van der Waals surface area contributed by atoms with E-state index in [1.54, 1.807) is 0 Å². The monoisotopic (exact) mass is 330 g/mol. The second-order valence-corrected chi connectivity index (χ2v) is 6.56. The number of hydrogen-bond acceptors (Lipinski definition) is 3. The number of nitrogens with one attached hydrogen (secondary N) is 1. The summed E-state index contributed by atoms with van der Waals surface area (Å²) in [6.45, 7) is 11.7. The number of nitrogens with zero attached hydrogens (tertiary/aromatic N) is 1. The zero-order valence-electron chi connectivity index (χ0n) is 14.9. The molecule has 5 nitrogen and oxygen atoms in total. The molecule has 0 aliphatic carbocycles. The SMILES string of the molecule is C=C1CCC(N2C(=O)C(CC)=C(/C(=C\CC)C(C)C)C2=O)C(=O)N1. The topological polar surface area (TPSA) is 66.5 Å². The van der Waals surface area contributed by atoms with E-state index in [2.05, 4.69) is 11.9 Å². The van der Waals surface area contributed by atoms with Crippen LogP contribution in [-0.4, -0.2) is 28.7 Å². The van der Waals surface area contributed by atoms with Crippen LogP contribution in [0.3, 0.4) is 0 Å². The first kappa shape index (κ1) is 18.2. The average Bonchev–Trinajstić information content (AvgIpc) is 2.75. The molecule has 0 spiro atoms. The molecule has 0 aromatic rings. The highest BCUT2D eigenvalue weighted by atomic mass is 16.2. The molecule has 0 aromatic carbocycles. The Kier molecular flexibility index (Phi) is 5.42. The van der Waals surface area contributed by atoms with Crippen molar-refractivity contribution in [2.75, 3.05) is 0 Å². The van der Waals surface area contributed by atoms with E-state index in [-0.39, 0.29) is 23.6 Å². The minimum absolute atomic E-state index is 0.137. The third kappa shape index (κ3) is 3.07. The number of imide groups is 1. The highest BCUT2D eigenvalue weighted by Crippen LogP contribution is 2.35. The van der Waals surface area contributed by atoms with Gasteiger partial charge < -0.3 is 5.32 Å². The van der Waals surface area contributed by atoms with E-state index in [1.807, 2.05) is 33.8 Å². The van der Waals surface area contributed by atoms with Crippen LogP contribution in [0.4, 0.5) is 0 Å². The Morgan fingerprint density at radius 2 is 1.96 bits per heavy atom. The van der Waals surface area contributed by atoms with Gasteiger partial charge in [0.1, 0.15) is 6.04 Å². The molecule has 1 N–H and O–H groups in total. The summed E-state index contributed by atoms with van der Waals surface area (Å²) < 4.78 is 0. The zero-order chi connectivity index (χ0) is 18.0. The van der Waals surface area contributed by atoms with Gasteiger partial charge in [-0.1, -0.05) is 40.3 Å². The number of carbonyl (C=O) groups is 3. The second-order valence-electron chi connectivity index (χ2n) is 6.56. The standard InChI is InChI=1S/C19H26N2O3/c1-6-8-14(11(3)4)16-13(7-2)18(23)21(19(16)24)15-10-9-12(5)20-17(15)22/h8,11,15H,5-7,9-10H2,1-4H3,(H,20,22)/b14-8-. The molecule has 2 aliphatic rings. The number of rotatable bonds is 5. The lowest BCUT2D eigenvalue weighted by molar-refractivity contribution is -0.146. The molecule has 3 amide bonds. The van der Waals surface area contributed by atoms with Crippen LogP contribution >= 0.6 is 0 Å². The maximum atomic E-state index is 13.0. The van der Waals surface area contributed by atoms with Crippen molar-refractivity contribution in [1.82, 2.24) is 10.2 Å². The van der Waals surface area contributed by atoms with Gasteiger partial charge in [-0.25, -0.2) is 0 Å². The van der Waals surface area contributed by atoms with Crippen LogP contribution in [0.2, 0.25) is 0 Å². The van der Waals surface area contributed by atoms with Gasteiger partial charge in [0.2, 0.25) is 5.91 Å². The average molecular weight is 330 g/mol. The molecule has 1 atom stereocenters. The summed E-state index contributed by atoms with van der Waals surface area (Å²) in [6, 6.07) is -0.746. The third-order valence-corrected chi connectivity index (χ3v) is 4.53. The van der Waals surface area contributed by atoms with Crippen molar-refractivity contribution >= 4 is 17.7 Å². The number of hydrogen-bond donors (Lipinski definition) is 1. The van der Waals surface area contributed by atoms with Crippen LogP contribution in [-0.2, 0) is 14.4 Å². The Morgan fingerprint density at radius 3 is 2.46 bits per heavy atom. The van der Waals surface area contributed by atoms with Gasteiger partial charge in [-0.2, -0.15) is 0 Å². The first-order valence-electron chi connectivity index (χ1n) is 8.63. The van der Waals surface area contributed by atoms with Gasteiger partial charge >= 0.3 is 0 Å². The summed E-state index contributed by atoms with van der Waals surface area (Å²) in [5.74, 6) is -0.848. The molecule has 2 heterocycles. The Balaban J connectivity index is 2.43. The molecule has 1 unspecified atom stereocenters. The molecule has 2 aliphatic heterocycles. The van der Waals surface area contributed by atoms with Crippen molar-refractivity contribution < 1.29 is 14.4 Å². The minimum Gasteiger partial charge on any atom is -0.329 e. The van der Waals surface area contributed by atoms with Crippen LogP contribution in [0, 0.1) is 5.92 Å². The molecule has 24 heavy (non-hydrogen) atoms. The summed E-state index contributed by atoms with van der Waals surface area (Å²) in [5, 5.41) is 2.66. The van der Waals surface area contributed by atoms with Gasteiger partial charge in [-0.15, -0.1) is 0 Å². The van der Waals surface area contributed by atoms with E-state index >= 15 is 0 Å². The smallest absolute Gasteiger partial charge is 0.262 e. The summed E-state index contributed by atoms with van der Waals surface area (Å²) >= 11 is 0. The van der Waals surface area contributed by atoms with Crippen molar-refractivity contribution in [2.24, 2.45) is 5.92 Å². The van der Waals surface area contributed by atoms with E-state index in [0.717, 1.165) is 16.9 Å². The lowest BCUT2D eigenvalue weighted by atomic mass is 9.91. The lowest BCUT2D eigenvalue weighted by Gasteiger charge is -2.30. The summed E-state index contributed by atoms with van der Waals surface area (Å²) in [7, 11) is 0. The maximum Gasteiger partial charge on any atom is 0.262 e. The zero-order valence-corrected chi connectivity index (χ0v) is 14.9. The molecule has 5 heteroatoms. The van der Waals surface area contributed by atoms with Crippen LogP contribution in [0.1, 0.15) is 53.4 Å². The Morgan fingerprint density at radius 1 is 1.29 bits per heavy atom. The van der Waals surface area contributed by atoms with Crippen molar-refractivity contribution in [3.05, 3.63) is 35.1 Å². The molecule has 0 bridgehead atoms. The van der Waals surface area contributed by atoms with Crippen LogP contribution in [0.25, 0.3) is 0 Å². The predicted molar refractivity (Wildman–Crippen MR) is 92.7 cm³/mol. The van der Waals surface area contributed by atoms with Crippen molar-refractivity contribution in [1.29, 1.82) is 0 Å². The van der Waals surface area contributed by atoms with Crippen LogP contribution in [0.5, 0.6) is 0 Å².